The van der Waals surface area contributed by atoms with Gasteiger partial charge in [-0.05, 0) is 48.9 Å². The van der Waals surface area contributed by atoms with Crippen LogP contribution in [0.25, 0.3) is 0 Å². The quantitative estimate of drug-likeness (QED) is 0.659. The van der Waals surface area contributed by atoms with Crippen molar-refractivity contribution in [1.29, 1.82) is 0 Å². The van der Waals surface area contributed by atoms with E-state index in [2.05, 4.69) is 10.2 Å². The molecule has 0 radical (unpaired) electrons. The summed E-state index contributed by atoms with van der Waals surface area (Å²) in [6.07, 6.45) is -4.48. The number of halogens is 3. The number of aryl methyl sites for hydroxylation is 1. The van der Waals surface area contributed by atoms with Crippen molar-refractivity contribution in [2.75, 3.05) is 56.6 Å². The lowest BCUT2D eigenvalue weighted by molar-refractivity contribution is -0.129. The molecular formula is C23H27F3N4O3. The Morgan fingerprint density at radius 1 is 1.03 bits per heavy atom. The van der Waals surface area contributed by atoms with Crippen molar-refractivity contribution in [2.24, 2.45) is 0 Å². The van der Waals surface area contributed by atoms with Gasteiger partial charge in [-0.25, -0.2) is 0 Å². The zero-order chi connectivity index (χ0) is 24.0. The van der Waals surface area contributed by atoms with Gasteiger partial charge in [0.25, 0.3) is 5.91 Å². The van der Waals surface area contributed by atoms with Crippen molar-refractivity contribution in [2.45, 2.75) is 13.1 Å². The first-order chi connectivity index (χ1) is 15.7. The van der Waals surface area contributed by atoms with Crippen LogP contribution in [0.15, 0.2) is 42.5 Å². The molecule has 2 amide bonds. The first-order valence-corrected chi connectivity index (χ1v) is 10.5. The van der Waals surface area contributed by atoms with E-state index in [9.17, 15) is 22.8 Å². The summed E-state index contributed by atoms with van der Waals surface area (Å²) in [4.78, 5) is 28.6. The molecule has 0 spiro atoms. The largest absolute Gasteiger partial charge is 0.497 e. The van der Waals surface area contributed by atoms with Crippen LogP contribution in [0.5, 0.6) is 5.75 Å². The number of hydrogen-bond donors (Lipinski definition) is 2. The highest BCUT2D eigenvalue weighted by Gasteiger charge is 2.28. The Balaban J connectivity index is 1.51. The van der Waals surface area contributed by atoms with Crippen LogP contribution in [-0.4, -0.2) is 69.3 Å². The number of alkyl halides is 3. The van der Waals surface area contributed by atoms with E-state index in [0.717, 1.165) is 17.0 Å². The van der Waals surface area contributed by atoms with Crippen molar-refractivity contribution >= 4 is 23.2 Å². The van der Waals surface area contributed by atoms with Crippen molar-refractivity contribution in [3.8, 4) is 5.75 Å². The van der Waals surface area contributed by atoms with Gasteiger partial charge in [0.1, 0.15) is 12.3 Å². The maximum atomic E-state index is 12.7. The Kier molecular flexibility index (Phi) is 7.67. The third-order valence-corrected chi connectivity index (χ3v) is 5.45. The molecule has 2 aromatic rings. The third-order valence-electron chi connectivity index (χ3n) is 5.45. The smallest absolute Gasteiger partial charge is 0.405 e. The highest BCUT2D eigenvalue weighted by molar-refractivity contribution is 5.95. The maximum Gasteiger partial charge on any atom is 0.405 e. The maximum absolute atomic E-state index is 12.7. The zero-order valence-corrected chi connectivity index (χ0v) is 18.5. The minimum absolute atomic E-state index is 0.0248. The minimum Gasteiger partial charge on any atom is -0.497 e. The fourth-order valence-corrected chi connectivity index (χ4v) is 3.53. The number of rotatable bonds is 7. The van der Waals surface area contributed by atoms with Crippen LogP contribution in [0.2, 0.25) is 0 Å². The monoisotopic (exact) mass is 464 g/mol. The van der Waals surface area contributed by atoms with Gasteiger partial charge in [0, 0.05) is 43.1 Å². The Hall–Kier alpha value is -3.43. The second-order valence-corrected chi connectivity index (χ2v) is 7.75. The average molecular weight is 464 g/mol. The van der Waals surface area contributed by atoms with Crippen LogP contribution in [0.3, 0.4) is 0 Å². The second-order valence-electron chi connectivity index (χ2n) is 7.75. The molecule has 1 aliphatic rings. The molecule has 33 heavy (non-hydrogen) atoms. The lowest BCUT2D eigenvalue weighted by Gasteiger charge is -2.36. The molecule has 2 N–H and O–H groups in total. The van der Waals surface area contributed by atoms with Crippen LogP contribution >= 0.6 is 0 Å². The number of nitrogens with zero attached hydrogens (tertiary/aromatic N) is 2. The molecule has 3 rings (SSSR count). The Morgan fingerprint density at radius 2 is 1.70 bits per heavy atom. The lowest BCUT2D eigenvalue weighted by Crippen LogP contribution is -2.50. The van der Waals surface area contributed by atoms with E-state index in [4.69, 9.17) is 4.74 Å². The topological polar surface area (TPSA) is 73.9 Å². The SMILES string of the molecule is COc1ccc(N2CCN(C(=O)CNc3cc(C(=O)NCC(F)(F)F)ccc3C)CC2)cc1. The highest BCUT2D eigenvalue weighted by atomic mass is 19.4. The number of methoxy groups -OCH3 is 1. The molecule has 0 saturated carbocycles. The third kappa shape index (κ3) is 6.77. The van der Waals surface area contributed by atoms with E-state index in [0.29, 0.717) is 31.9 Å². The summed E-state index contributed by atoms with van der Waals surface area (Å²) in [6.45, 7) is 2.97. The summed E-state index contributed by atoms with van der Waals surface area (Å²) in [5.41, 5.74) is 2.46. The molecule has 1 fully saturated rings. The van der Waals surface area contributed by atoms with Gasteiger partial charge >= 0.3 is 6.18 Å². The number of carbonyl (C=O) groups is 2. The van der Waals surface area contributed by atoms with Crippen LogP contribution in [0.4, 0.5) is 24.5 Å². The van der Waals surface area contributed by atoms with Crippen molar-refractivity contribution in [3.63, 3.8) is 0 Å². The van der Waals surface area contributed by atoms with Crippen LogP contribution in [0, 0.1) is 6.92 Å². The lowest BCUT2D eigenvalue weighted by atomic mass is 10.1. The zero-order valence-electron chi connectivity index (χ0n) is 18.5. The summed E-state index contributed by atoms with van der Waals surface area (Å²) in [5.74, 6) is -0.122. The van der Waals surface area contributed by atoms with Crippen molar-refractivity contribution in [3.05, 3.63) is 53.6 Å². The molecule has 1 aliphatic heterocycles. The van der Waals surface area contributed by atoms with E-state index in [1.165, 1.54) is 12.1 Å². The Labute approximate surface area is 190 Å². The molecular weight excluding hydrogens is 437 g/mol. The fourth-order valence-electron chi connectivity index (χ4n) is 3.53. The molecule has 7 nitrogen and oxygen atoms in total. The van der Waals surface area contributed by atoms with Crippen molar-refractivity contribution < 1.29 is 27.5 Å². The predicted octanol–water partition coefficient (Wildman–Crippen LogP) is 3.06. The summed E-state index contributed by atoms with van der Waals surface area (Å²) in [5, 5.41) is 4.86. The highest BCUT2D eigenvalue weighted by Crippen LogP contribution is 2.21. The van der Waals surface area contributed by atoms with Gasteiger partial charge < -0.3 is 25.2 Å². The van der Waals surface area contributed by atoms with Crippen molar-refractivity contribution in [1.82, 2.24) is 10.2 Å². The first-order valence-electron chi connectivity index (χ1n) is 10.5. The number of ether oxygens (including phenoxy) is 1. The van der Waals surface area contributed by atoms with Gasteiger partial charge in [0.05, 0.1) is 13.7 Å². The van der Waals surface area contributed by atoms with Gasteiger partial charge in [-0.15, -0.1) is 0 Å². The number of nitrogens with one attached hydrogen (secondary N) is 2. The normalized spacial score (nSPS) is 14.1. The number of carbonyl (C=O) groups excluding carboxylic acids is 2. The molecule has 1 heterocycles. The fraction of sp³-hybridized carbons (Fsp3) is 0.391. The number of amides is 2. The molecule has 0 aromatic heterocycles. The molecule has 2 aromatic carbocycles. The van der Waals surface area contributed by atoms with E-state index in [-0.39, 0.29) is 18.0 Å². The van der Waals surface area contributed by atoms with E-state index in [1.807, 2.05) is 29.6 Å². The van der Waals surface area contributed by atoms with Gasteiger partial charge in [0.2, 0.25) is 5.91 Å². The van der Waals surface area contributed by atoms with Gasteiger partial charge in [-0.1, -0.05) is 6.07 Å². The molecule has 0 bridgehead atoms. The molecule has 0 atom stereocenters. The Bertz CT molecular complexity index is 972. The van der Waals surface area contributed by atoms with E-state index >= 15 is 0 Å². The van der Waals surface area contributed by atoms with E-state index < -0.39 is 18.6 Å². The molecule has 178 valence electrons. The van der Waals surface area contributed by atoms with Crippen LogP contribution in [0.1, 0.15) is 15.9 Å². The number of benzene rings is 2. The van der Waals surface area contributed by atoms with Gasteiger partial charge in [-0.2, -0.15) is 13.2 Å². The summed E-state index contributed by atoms with van der Waals surface area (Å²) < 4.78 is 42.2. The standard InChI is InChI=1S/C23H27F3N4O3/c1-16-3-4-17(22(32)28-15-23(24,25)26)13-20(16)27-14-21(31)30-11-9-29(10-12-30)18-5-7-19(33-2)8-6-18/h3-8,13,27H,9-12,14-15H2,1-2H3,(H,28,32). The van der Waals surface area contributed by atoms with Crippen LogP contribution in [-0.2, 0) is 4.79 Å². The van der Waals surface area contributed by atoms with Gasteiger partial charge in [0.15, 0.2) is 0 Å². The number of anilines is 2. The summed E-state index contributed by atoms with van der Waals surface area (Å²) >= 11 is 0. The molecule has 0 unspecified atom stereocenters. The average Bonchev–Trinajstić information content (AvgIpc) is 2.81. The molecule has 10 heteroatoms. The second kappa shape index (κ2) is 10.5. The number of piperazine rings is 1. The number of hydrogen-bond acceptors (Lipinski definition) is 5. The summed E-state index contributed by atoms with van der Waals surface area (Å²) in [6, 6.07) is 12.3. The van der Waals surface area contributed by atoms with Gasteiger partial charge in [-0.3, -0.25) is 9.59 Å². The molecule has 1 saturated heterocycles. The van der Waals surface area contributed by atoms with E-state index in [1.54, 1.807) is 25.0 Å². The van der Waals surface area contributed by atoms with Crippen LogP contribution < -0.4 is 20.3 Å². The first kappa shape index (κ1) is 24.2. The molecule has 0 aliphatic carbocycles. The predicted molar refractivity (Wildman–Crippen MR) is 120 cm³/mol. The Morgan fingerprint density at radius 3 is 2.30 bits per heavy atom. The summed E-state index contributed by atoms with van der Waals surface area (Å²) in [7, 11) is 1.62. The minimum atomic E-state index is -4.48.